The fourth-order valence-corrected chi connectivity index (χ4v) is 0.496. The van der Waals surface area contributed by atoms with Gasteiger partial charge in [-0.2, -0.15) is 0 Å². The van der Waals surface area contributed by atoms with Crippen molar-refractivity contribution in [2.75, 3.05) is 0 Å². The lowest BCUT2D eigenvalue weighted by molar-refractivity contribution is 0.745. The molecule has 2 heteroatoms. The molecule has 0 aromatic heterocycles. The van der Waals surface area contributed by atoms with Crippen LogP contribution in [0.2, 0.25) is 0 Å². The van der Waals surface area contributed by atoms with Gasteiger partial charge in [0.25, 0.3) is 0 Å². The van der Waals surface area contributed by atoms with Crippen molar-refractivity contribution in [2.24, 2.45) is 0 Å². The molecule has 0 aliphatic heterocycles. The van der Waals surface area contributed by atoms with Crippen molar-refractivity contribution >= 4 is 6.21 Å². The Labute approximate surface area is 51.4 Å². The molecule has 0 unspecified atom stereocenters. The van der Waals surface area contributed by atoms with Gasteiger partial charge in [-0.3, -0.25) is 0 Å². The minimum absolute atomic E-state index is 0. The Hall–Kier alpha value is -0.370. The summed E-state index contributed by atoms with van der Waals surface area (Å²) in [5.74, 6) is 0. The largest absolute Gasteiger partial charge is 0.344 e. The van der Waals surface area contributed by atoms with E-state index in [1.807, 2.05) is 0 Å². The third-order valence-corrected chi connectivity index (χ3v) is 0.952. The fourth-order valence-electron chi connectivity index (χ4n) is 0.496. The van der Waals surface area contributed by atoms with Crippen molar-refractivity contribution < 1.29 is 0 Å². The molecular weight excluding hydrogens is 100 g/mol. The standard InChI is InChI=1S/C6H13N.H3N/c1-2-3-4-5-6-7;/h6-7H,2-5H2,1H3;1H3. The van der Waals surface area contributed by atoms with Crippen molar-refractivity contribution in [1.29, 1.82) is 5.41 Å². The van der Waals surface area contributed by atoms with Gasteiger partial charge in [0.15, 0.2) is 0 Å². The highest BCUT2D eigenvalue weighted by Gasteiger charge is 1.78. The lowest BCUT2D eigenvalue weighted by Gasteiger charge is -1.87. The molecule has 8 heavy (non-hydrogen) atoms. The molecule has 4 N–H and O–H groups in total. The lowest BCUT2D eigenvalue weighted by atomic mass is 10.2. The number of nitrogens with one attached hydrogen (secondary N) is 1. The Kier molecular flexibility index (Phi) is 13.0. The first-order valence-corrected chi connectivity index (χ1v) is 2.90. The van der Waals surface area contributed by atoms with E-state index >= 15 is 0 Å². The summed E-state index contributed by atoms with van der Waals surface area (Å²) in [4.78, 5) is 0. The van der Waals surface area contributed by atoms with Crippen LogP contribution in [-0.2, 0) is 0 Å². The van der Waals surface area contributed by atoms with E-state index < -0.39 is 0 Å². The topological polar surface area (TPSA) is 58.9 Å². The van der Waals surface area contributed by atoms with E-state index in [0.717, 1.165) is 6.42 Å². The molecule has 0 saturated carbocycles. The zero-order valence-electron chi connectivity index (χ0n) is 5.61. The van der Waals surface area contributed by atoms with Crippen molar-refractivity contribution in [2.45, 2.75) is 32.6 Å². The molecule has 0 atom stereocenters. The molecule has 0 rings (SSSR count). The van der Waals surface area contributed by atoms with Crippen LogP contribution in [0, 0.1) is 5.41 Å². The second kappa shape index (κ2) is 9.80. The maximum absolute atomic E-state index is 6.66. The van der Waals surface area contributed by atoms with Crippen LogP contribution in [0.15, 0.2) is 0 Å². The molecule has 0 spiro atoms. The normalized spacial score (nSPS) is 7.62. The maximum atomic E-state index is 6.66. The minimum atomic E-state index is 0. The average molecular weight is 116 g/mol. The van der Waals surface area contributed by atoms with Crippen LogP contribution in [0.1, 0.15) is 32.6 Å². The summed E-state index contributed by atoms with van der Waals surface area (Å²) >= 11 is 0. The van der Waals surface area contributed by atoms with E-state index in [2.05, 4.69) is 6.92 Å². The molecule has 50 valence electrons. The summed E-state index contributed by atoms with van der Waals surface area (Å²) in [6, 6.07) is 0. The Morgan fingerprint density at radius 1 is 1.38 bits per heavy atom. The smallest absolute Gasteiger partial charge is 0.00477 e. The molecular formula is C6H16N2. The van der Waals surface area contributed by atoms with Crippen LogP contribution >= 0.6 is 0 Å². The molecule has 0 radical (unpaired) electrons. The summed E-state index contributed by atoms with van der Waals surface area (Å²) < 4.78 is 0. The summed E-state index contributed by atoms with van der Waals surface area (Å²) in [7, 11) is 0. The second-order valence-corrected chi connectivity index (χ2v) is 1.70. The lowest BCUT2D eigenvalue weighted by Crippen LogP contribution is -1.73. The average Bonchev–Trinajstić information content (AvgIpc) is 1.69. The van der Waals surface area contributed by atoms with E-state index in [4.69, 9.17) is 5.41 Å². The molecule has 0 saturated heterocycles. The molecule has 0 bridgehead atoms. The zero-order valence-corrected chi connectivity index (χ0v) is 5.61. The number of unbranched alkanes of at least 4 members (excludes halogenated alkanes) is 3. The van der Waals surface area contributed by atoms with E-state index in [0.29, 0.717) is 0 Å². The summed E-state index contributed by atoms with van der Waals surface area (Å²) in [6.07, 6.45) is 6.17. The maximum Gasteiger partial charge on any atom is -0.00477 e. The quantitative estimate of drug-likeness (QED) is 0.430. The number of rotatable bonds is 4. The first-order chi connectivity index (χ1) is 3.41. The summed E-state index contributed by atoms with van der Waals surface area (Å²) in [5.41, 5.74) is 0. The molecule has 0 heterocycles. The van der Waals surface area contributed by atoms with Gasteiger partial charge in [0, 0.05) is 0 Å². The van der Waals surface area contributed by atoms with Gasteiger partial charge in [-0.15, -0.1) is 0 Å². The van der Waals surface area contributed by atoms with E-state index in [9.17, 15) is 0 Å². The van der Waals surface area contributed by atoms with Crippen LogP contribution in [0.3, 0.4) is 0 Å². The third kappa shape index (κ3) is 9.16. The van der Waals surface area contributed by atoms with Crippen molar-refractivity contribution in [1.82, 2.24) is 6.15 Å². The summed E-state index contributed by atoms with van der Waals surface area (Å²) in [5, 5.41) is 6.66. The first-order valence-electron chi connectivity index (χ1n) is 2.90. The van der Waals surface area contributed by atoms with Crippen molar-refractivity contribution in [3.8, 4) is 0 Å². The minimum Gasteiger partial charge on any atom is -0.344 e. The van der Waals surface area contributed by atoms with E-state index in [1.165, 1.54) is 25.5 Å². The van der Waals surface area contributed by atoms with Gasteiger partial charge in [-0.05, 0) is 19.1 Å². The van der Waals surface area contributed by atoms with Gasteiger partial charge in [0.05, 0.1) is 0 Å². The SMILES string of the molecule is CCCCCC=N.N. The molecule has 0 fully saturated rings. The monoisotopic (exact) mass is 116 g/mol. The van der Waals surface area contributed by atoms with Gasteiger partial charge in [-0.25, -0.2) is 0 Å². The fraction of sp³-hybridized carbons (Fsp3) is 0.833. The van der Waals surface area contributed by atoms with E-state index in [1.54, 1.807) is 0 Å². The predicted molar refractivity (Wildman–Crippen MR) is 37.9 cm³/mol. The highest BCUT2D eigenvalue weighted by atomic mass is 14.3. The van der Waals surface area contributed by atoms with Crippen molar-refractivity contribution in [3.05, 3.63) is 0 Å². The second-order valence-electron chi connectivity index (χ2n) is 1.70. The van der Waals surface area contributed by atoms with Crippen LogP contribution in [-0.4, -0.2) is 6.21 Å². The van der Waals surface area contributed by atoms with Crippen molar-refractivity contribution in [3.63, 3.8) is 0 Å². The molecule has 2 nitrogen and oxygen atoms in total. The van der Waals surface area contributed by atoms with Gasteiger partial charge < -0.3 is 11.6 Å². The van der Waals surface area contributed by atoms with Crippen LogP contribution in [0.25, 0.3) is 0 Å². The highest BCUT2D eigenvalue weighted by molar-refractivity contribution is 5.52. The Bertz CT molecular complexity index is 43.8. The number of hydrogen-bond donors (Lipinski definition) is 2. The van der Waals surface area contributed by atoms with Gasteiger partial charge in [-0.1, -0.05) is 19.8 Å². The first kappa shape index (κ1) is 10.6. The summed E-state index contributed by atoms with van der Waals surface area (Å²) in [6.45, 7) is 2.17. The molecule has 0 aliphatic carbocycles. The van der Waals surface area contributed by atoms with Crippen LogP contribution < -0.4 is 6.15 Å². The highest BCUT2D eigenvalue weighted by Crippen LogP contribution is 1.94. The predicted octanol–water partition coefficient (Wildman–Crippen LogP) is 2.38. The number of hydrogen-bond acceptors (Lipinski definition) is 2. The molecule has 0 aliphatic rings. The van der Waals surface area contributed by atoms with Crippen LogP contribution in [0.5, 0.6) is 0 Å². The van der Waals surface area contributed by atoms with Gasteiger partial charge in [0.2, 0.25) is 0 Å². The zero-order chi connectivity index (χ0) is 5.54. The Morgan fingerprint density at radius 2 is 2.00 bits per heavy atom. The van der Waals surface area contributed by atoms with Gasteiger partial charge in [0.1, 0.15) is 0 Å². The molecule has 0 aromatic carbocycles. The molecule has 0 amide bonds. The Balaban J connectivity index is 0. The van der Waals surface area contributed by atoms with Crippen LogP contribution in [0.4, 0.5) is 0 Å². The molecule has 0 aromatic rings. The third-order valence-electron chi connectivity index (χ3n) is 0.952. The van der Waals surface area contributed by atoms with Gasteiger partial charge >= 0.3 is 0 Å². The van der Waals surface area contributed by atoms with E-state index in [-0.39, 0.29) is 6.15 Å². The Morgan fingerprint density at radius 3 is 2.38 bits per heavy atom.